The highest BCUT2D eigenvalue weighted by atomic mass is 31.2. The first-order chi connectivity index (χ1) is 20.2. The van der Waals surface area contributed by atoms with Crippen LogP contribution in [-0.2, 0) is 23.4 Å². The summed E-state index contributed by atoms with van der Waals surface area (Å²) in [5, 5.41) is 14.6. The van der Waals surface area contributed by atoms with E-state index in [1.54, 1.807) is 24.3 Å². The van der Waals surface area contributed by atoms with Gasteiger partial charge in [-0.15, -0.1) is 6.58 Å². The summed E-state index contributed by atoms with van der Waals surface area (Å²) in [4.78, 5) is 38.6. The van der Waals surface area contributed by atoms with E-state index in [0.29, 0.717) is 5.39 Å². The lowest BCUT2D eigenvalue weighted by molar-refractivity contribution is -0.148. The molecule has 1 fully saturated rings. The summed E-state index contributed by atoms with van der Waals surface area (Å²) >= 11 is 0. The third kappa shape index (κ3) is 7.31. The summed E-state index contributed by atoms with van der Waals surface area (Å²) in [7, 11) is -4.53. The van der Waals surface area contributed by atoms with E-state index >= 15 is 4.39 Å². The maximum absolute atomic E-state index is 15.7. The SMILES string of the molecule is C=C[C@]1(COP(=O)(N[C@@H](C)C(=O)OCC(C)(C)C)Oc2cccc3ccccc23)O[C@@H](n2ccc(=O)[nH]c2=O)[C@H](O)[C@@H]1F. The molecule has 1 saturated heterocycles. The second-order valence-corrected chi connectivity index (χ2v) is 13.1. The number of aromatic nitrogens is 2. The molecular weight excluding hydrogens is 584 g/mol. The number of halogens is 1. The van der Waals surface area contributed by atoms with Gasteiger partial charge in [-0.25, -0.2) is 13.8 Å². The van der Waals surface area contributed by atoms with Crippen LogP contribution in [0.25, 0.3) is 10.8 Å². The maximum Gasteiger partial charge on any atom is 0.459 e. The predicted octanol–water partition coefficient (Wildman–Crippen LogP) is 3.61. The number of nitrogens with one attached hydrogen (secondary N) is 2. The number of carbonyl (C=O) groups excluding carboxylic acids is 1. The number of esters is 1. The number of fused-ring (bicyclic) bond motifs is 1. The van der Waals surface area contributed by atoms with Crippen LogP contribution in [-0.4, -0.2) is 57.8 Å². The van der Waals surface area contributed by atoms with E-state index in [9.17, 15) is 24.1 Å². The average Bonchev–Trinajstić information content (AvgIpc) is 3.20. The minimum absolute atomic E-state index is 0.0908. The molecule has 4 rings (SSSR count). The van der Waals surface area contributed by atoms with Gasteiger partial charge in [0.25, 0.3) is 5.56 Å². The van der Waals surface area contributed by atoms with Gasteiger partial charge in [0.15, 0.2) is 12.4 Å². The molecule has 1 aromatic heterocycles. The molecule has 0 spiro atoms. The molecule has 1 aliphatic rings. The van der Waals surface area contributed by atoms with Gasteiger partial charge >= 0.3 is 19.4 Å². The number of aliphatic hydroxyl groups excluding tert-OH is 1. The third-order valence-electron chi connectivity index (χ3n) is 6.65. The normalized spacial score (nSPS) is 24.3. The zero-order valence-corrected chi connectivity index (χ0v) is 25.1. The largest absolute Gasteiger partial charge is 0.464 e. The first-order valence-corrected chi connectivity index (χ1v) is 15.0. The number of H-pyrrole nitrogens is 1. The van der Waals surface area contributed by atoms with Crippen molar-refractivity contribution in [2.45, 2.75) is 57.8 Å². The van der Waals surface area contributed by atoms with Gasteiger partial charge in [-0.3, -0.25) is 23.7 Å². The van der Waals surface area contributed by atoms with Gasteiger partial charge in [0.05, 0.1) is 13.2 Å². The number of aliphatic hydroxyl groups is 1. The lowest BCUT2D eigenvalue weighted by Crippen LogP contribution is -2.43. The van der Waals surface area contributed by atoms with Gasteiger partial charge < -0.3 is 19.1 Å². The Labute approximate surface area is 247 Å². The van der Waals surface area contributed by atoms with Gasteiger partial charge in [0, 0.05) is 17.6 Å². The van der Waals surface area contributed by atoms with Crippen LogP contribution in [0.5, 0.6) is 5.75 Å². The Balaban J connectivity index is 1.63. The molecule has 6 atom stereocenters. The van der Waals surface area contributed by atoms with Crippen molar-refractivity contribution in [1.82, 2.24) is 14.6 Å². The number of aromatic amines is 1. The molecule has 0 bridgehead atoms. The Bertz CT molecular complexity index is 1650. The van der Waals surface area contributed by atoms with Gasteiger partial charge in [0.2, 0.25) is 0 Å². The van der Waals surface area contributed by atoms with Crippen molar-refractivity contribution < 1.29 is 37.4 Å². The Morgan fingerprint density at radius 3 is 2.63 bits per heavy atom. The van der Waals surface area contributed by atoms with E-state index in [-0.39, 0.29) is 17.8 Å². The highest BCUT2D eigenvalue weighted by molar-refractivity contribution is 7.52. The molecule has 2 heterocycles. The van der Waals surface area contributed by atoms with Gasteiger partial charge in [-0.1, -0.05) is 63.2 Å². The highest BCUT2D eigenvalue weighted by Gasteiger charge is 2.56. The monoisotopic (exact) mass is 619 g/mol. The van der Waals surface area contributed by atoms with Crippen LogP contribution >= 0.6 is 7.75 Å². The van der Waals surface area contributed by atoms with Crippen LogP contribution in [0.4, 0.5) is 4.39 Å². The van der Waals surface area contributed by atoms with E-state index < -0.39 is 61.7 Å². The quantitative estimate of drug-likeness (QED) is 0.165. The molecule has 1 unspecified atom stereocenters. The molecule has 3 N–H and O–H groups in total. The van der Waals surface area contributed by atoms with E-state index in [0.717, 1.165) is 28.3 Å². The average molecular weight is 620 g/mol. The molecule has 0 amide bonds. The topological polar surface area (TPSA) is 158 Å². The third-order valence-corrected chi connectivity index (χ3v) is 8.26. The van der Waals surface area contributed by atoms with Crippen LogP contribution in [0.3, 0.4) is 0 Å². The zero-order valence-electron chi connectivity index (χ0n) is 24.2. The van der Waals surface area contributed by atoms with Gasteiger partial charge in [-0.05, 0) is 23.8 Å². The van der Waals surface area contributed by atoms with Crippen LogP contribution < -0.4 is 20.9 Å². The van der Waals surface area contributed by atoms with Gasteiger partial charge in [0.1, 0.15) is 23.5 Å². The van der Waals surface area contributed by atoms with E-state index in [2.05, 4.69) is 11.7 Å². The fraction of sp³-hybridized carbons (Fsp3) is 0.414. The van der Waals surface area contributed by atoms with Crippen molar-refractivity contribution >= 4 is 24.5 Å². The molecule has 2 aromatic carbocycles. The van der Waals surface area contributed by atoms with Crippen LogP contribution in [0.1, 0.15) is 33.9 Å². The maximum atomic E-state index is 15.7. The molecule has 14 heteroatoms. The standard InChI is InChI=1S/C29H35FN3O9P/c1-6-29(24(30)23(35)25(41-29)33-15-14-22(34)31-27(33)37)17-40-43(38,32-18(2)26(36)39-16-28(3,4)5)42-21-13-9-11-19-10-7-8-12-20(19)21/h6-15,18,23-25,35H,1,16-17H2,2-5H3,(H,32,38)(H,31,34,37)/t18-,23+,24-,25+,29+,43?/m0/s1. The molecule has 0 radical (unpaired) electrons. The molecule has 43 heavy (non-hydrogen) atoms. The summed E-state index contributed by atoms with van der Waals surface area (Å²) in [5.41, 5.74) is -4.09. The number of benzene rings is 2. The van der Waals surface area contributed by atoms with E-state index in [1.807, 2.05) is 44.0 Å². The number of rotatable bonds is 11. The fourth-order valence-electron chi connectivity index (χ4n) is 4.36. The summed E-state index contributed by atoms with van der Waals surface area (Å²) < 4.78 is 53.4. The summed E-state index contributed by atoms with van der Waals surface area (Å²) in [5.74, 6) is -0.578. The van der Waals surface area contributed by atoms with E-state index in [1.165, 1.54) is 6.92 Å². The first-order valence-electron chi connectivity index (χ1n) is 13.5. The number of nitrogens with zero attached hydrogens (tertiary/aromatic N) is 1. The van der Waals surface area contributed by atoms with Crippen molar-refractivity contribution in [3.63, 3.8) is 0 Å². The minimum Gasteiger partial charge on any atom is -0.464 e. The summed E-state index contributed by atoms with van der Waals surface area (Å²) in [6.07, 6.45) is -3.64. The number of ether oxygens (including phenoxy) is 2. The molecule has 1 aliphatic heterocycles. The molecule has 12 nitrogen and oxygen atoms in total. The van der Waals surface area contributed by atoms with Crippen LogP contribution in [0.15, 0.2) is 77.0 Å². The predicted molar refractivity (Wildman–Crippen MR) is 156 cm³/mol. The smallest absolute Gasteiger partial charge is 0.459 e. The lowest BCUT2D eigenvalue weighted by Gasteiger charge is -2.30. The van der Waals surface area contributed by atoms with Crippen molar-refractivity contribution in [2.75, 3.05) is 13.2 Å². The molecule has 0 saturated carbocycles. The van der Waals surface area contributed by atoms with Crippen molar-refractivity contribution in [3.05, 3.63) is 88.2 Å². The number of carbonyl (C=O) groups is 1. The van der Waals surface area contributed by atoms with Crippen LogP contribution in [0.2, 0.25) is 0 Å². The molecular formula is C29H35FN3O9P. The fourth-order valence-corrected chi connectivity index (χ4v) is 5.91. The Morgan fingerprint density at radius 1 is 1.26 bits per heavy atom. The molecule has 232 valence electrons. The van der Waals surface area contributed by atoms with Crippen molar-refractivity contribution in [1.29, 1.82) is 0 Å². The zero-order chi connectivity index (χ0) is 31.6. The van der Waals surface area contributed by atoms with Crippen molar-refractivity contribution in [3.8, 4) is 5.75 Å². The first kappa shape index (κ1) is 32.3. The number of hydrogen-bond donors (Lipinski definition) is 3. The Kier molecular flexibility index (Phi) is 9.43. The van der Waals surface area contributed by atoms with Gasteiger partial charge in [-0.2, -0.15) is 5.09 Å². The second kappa shape index (κ2) is 12.6. The second-order valence-electron chi connectivity index (χ2n) is 11.4. The van der Waals surface area contributed by atoms with Crippen molar-refractivity contribution in [2.24, 2.45) is 5.41 Å². The minimum atomic E-state index is -4.53. The summed E-state index contributed by atoms with van der Waals surface area (Å²) in [6.45, 7) is 9.91. The van der Waals surface area contributed by atoms with E-state index in [4.69, 9.17) is 18.5 Å². The lowest BCUT2D eigenvalue weighted by atomic mass is 9.98. The molecule has 0 aliphatic carbocycles. The molecule has 3 aromatic rings. The Hall–Kier alpha value is -3.61. The Morgan fingerprint density at radius 2 is 1.95 bits per heavy atom. The van der Waals surface area contributed by atoms with Crippen LogP contribution in [0, 0.1) is 5.41 Å². The summed E-state index contributed by atoms with van der Waals surface area (Å²) in [6, 6.07) is 12.0. The number of hydrogen-bond acceptors (Lipinski definition) is 9. The number of alkyl halides is 1. The highest BCUT2D eigenvalue weighted by Crippen LogP contribution is 2.49.